The lowest BCUT2D eigenvalue weighted by Gasteiger charge is -2.21. The van der Waals surface area contributed by atoms with Gasteiger partial charge >= 0.3 is 0 Å². The normalized spacial score (nSPS) is 11.1. The van der Waals surface area contributed by atoms with Crippen LogP contribution in [-0.4, -0.2) is 21.4 Å². The van der Waals surface area contributed by atoms with Crippen LogP contribution in [0.15, 0.2) is 12.4 Å². The summed E-state index contributed by atoms with van der Waals surface area (Å²) < 4.78 is 5.50. The van der Waals surface area contributed by atoms with Crippen molar-refractivity contribution < 1.29 is 4.74 Å². The molecule has 0 bridgehead atoms. The van der Waals surface area contributed by atoms with Gasteiger partial charge in [0, 0.05) is 12.4 Å². The fraction of sp³-hybridized carbons (Fsp3) is 0.444. The third-order valence-corrected chi connectivity index (χ3v) is 1.32. The standard InChI is InChI=1S/C9H14N4O/c1-9(2,3)14-8-6(7(10)11)12-4-5-13-8/h4-5H,1-3H3,(H3,10,11). The first-order valence-corrected chi connectivity index (χ1v) is 4.24. The Bertz CT molecular complexity index is 343. The van der Waals surface area contributed by atoms with E-state index in [0.717, 1.165) is 0 Å². The molecule has 0 saturated carbocycles. The third-order valence-electron chi connectivity index (χ3n) is 1.32. The van der Waals surface area contributed by atoms with E-state index in [1.807, 2.05) is 20.8 Å². The van der Waals surface area contributed by atoms with Crippen molar-refractivity contribution in [2.75, 3.05) is 0 Å². The first-order valence-electron chi connectivity index (χ1n) is 4.24. The van der Waals surface area contributed by atoms with Gasteiger partial charge < -0.3 is 10.5 Å². The molecule has 0 saturated heterocycles. The van der Waals surface area contributed by atoms with Gasteiger partial charge in [0.2, 0.25) is 5.88 Å². The Hall–Kier alpha value is -1.65. The summed E-state index contributed by atoms with van der Waals surface area (Å²) in [7, 11) is 0. The second kappa shape index (κ2) is 3.61. The van der Waals surface area contributed by atoms with Crippen LogP contribution < -0.4 is 10.5 Å². The molecule has 0 aromatic carbocycles. The van der Waals surface area contributed by atoms with E-state index in [1.54, 1.807) is 0 Å². The van der Waals surface area contributed by atoms with E-state index in [2.05, 4.69) is 9.97 Å². The maximum Gasteiger partial charge on any atom is 0.244 e. The fourth-order valence-electron chi connectivity index (χ4n) is 0.875. The summed E-state index contributed by atoms with van der Waals surface area (Å²) in [6, 6.07) is 0. The van der Waals surface area contributed by atoms with E-state index < -0.39 is 0 Å². The highest BCUT2D eigenvalue weighted by atomic mass is 16.5. The first kappa shape index (κ1) is 10.4. The van der Waals surface area contributed by atoms with Gasteiger partial charge in [-0.25, -0.2) is 9.97 Å². The molecule has 14 heavy (non-hydrogen) atoms. The Labute approximate surface area is 82.8 Å². The number of aromatic nitrogens is 2. The van der Waals surface area contributed by atoms with Crippen molar-refractivity contribution in [2.45, 2.75) is 26.4 Å². The molecule has 1 aromatic rings. The van der Waals surface area contributed by atoms with Crippen molar-refractivity contribution in [3.05, 3.63) is 18.1 Å². The predicted molar refractivity (Wildman–Crippen MR) is 53.4 cm³/mol. The van der Waals surface area contributed by atoms with Gasteiger partial charge in [0.1, 0.15) is 11.4 Å². The minimum Gasteiger partial charge on any atom is -0.470 e. The molecule has 0 aliphatic heterocycles. The number of hydrogen-bond acceptors (Lipinski definition) is 4. The van der Waals surface area contributed by atoms with Gasteiger partial charge in [0.05, 0.1) is 0 Å². The number of nitrogens with two attached hydrogens (primary N) is 1. The molecule has 5 heteroatoms. The van der Waals surface area contributed by atoms with Crippen LogP contribution in [0, 0.1) is 5.41 Å². The molecule has 0 radical (unpaired) electrons. The van der Waals surface area contributed by atoms with Crippen molar-refractivity contribution in [1.82, 2.24) is 9.97 Å². The second-order valence-electron chi connectivity index (χ2n) is 3.84. The highest BCUT2D eigenvalue weighted by Crippen LogP contribution is 2.17. The Kier molecular flexibility index (Phi) is 2.69. The number of hydrogen-bond donors (Lipinski definition) is 2. The maximum atomic E-state index is 7.28. The van der Waals surface area contributed by atoms with Crippen molar-refractivity contribution in [3.8, 4) is 5.88 Å². The van der Waals surface area contributed by atoms with Crippen LogP contribution in [0.4, 0.5) is 0 Å². The maximum absolute atomic E-state index is 7.28. The molecule has 0 unspecified atom stereocenters. The monoisotopic (exact) mass is 194 g/mol. The van der Waals surface area contributed by atoms with E-state index in [4.69, 9.17) is 15.9 Å². The lowest BCUT2D eigenvalue weighted by Crippen LogP contribution is -2.26. The first-order chi connectivity index (χ1) is 6.40. The molecule has 1 aromatic heterocycles. The van der Waals surface area contributed by atoms with Gasteiger partial charge in [-0.05, 0) is 20.8 Å². The molecule has 1 heterocycles. The zero-order valence-corrected chi connectivity index (χ0v) is 8.53. The summed E-state index contributed by atoms with van der Waals surface area (Å²) in [6.07, 6.45) is 2.99. The predicted octanol–water partition coefficient (Wildman–Crippen LogP) is 0.938. The highest BCUT2D eigenvalue weighted by molar-refractivity contribution is 5.94. The van der Waals surface area contributed by atoms with Crippen LogP contribution >= 0.6 is 0 Å². The molecule has 76 valence electrons. The van der Waals surface area contributed by atoms with Crippen LogP contribution in [0.5, 0.6) is 5.88 Å². The SMILES string of the molecule is CC(C)(C)Oc1nccnc1C(=N)N. The number of nitrogens with one attached hydrogen (secondary N) is 1. The molecule has 0 fully saturated rings. The van der Waals surface area contributed by atoms with Crippen molar-refractivity contribution >= 4 is 5.84 Å². The summed E-state index contributed by atoms with van der Waals surface area (Å²) in [6.45, 7) is 5.68. The van der Waals surface area contributed by atoms with Gasteiger partial charge in [-0.2, -0.15) is 0 Å². The van der Waals surface area contributed by atoms with Crippen LogP contribution in [-0.2, 0) is 0 Å². The second-order valence-corrected chi connectivity index (χ2v) is 3.84. The minimum absolute atomic E-state index is 0.141. The Morgan fingerprint density at radius 1 is 1.36 bits per heavy atom. The molecular formula is C9H14N4O. The fourth-order valence-corrected chi connectivity index (χ4v) is 0.875. The molecule has 0 atom stereocenters. The van der Waals surface area contributed by atoms with E-state index >= 15 is 0 Å². The molecular weight excluding hydrogens is 180 g/mol. The quantitative estimate of drug-likeness (QED) is 0.542. The zero-order valence-electron chi connectivity index (χ0n) is 8.53. The summed E-state index contributed by atoms with van der Waals surface area (Å²) in [5.41, 5.74) is 5.24. The topological polar surface area (TPSA) is 84.9 Å². The number of rotatable bonds is 2. The van der Waals surface area contributed by atoms with Gasteiger partial charge in [0.15, 0.2) is 5.69 Å². The molecule has 1 rings (SSSR count). The van der Waals surface area contributed by atoms with Crippen molar-refractivity contribution in [2.24, 2.45) is 5.73 Å². The van der Waals surface area contributed by atoms with Crippen LogP contribution in [0.1, 0.15) is 26.5 Å². The smallest absolute Gasteiger partial charge is 0.244 e. The van der Waals surface area contributed by atoms with Crippen LogP contribution in [0.2, 0.25) is 0 Å². The minimum atomic E-state index is -0.375. The van der Waals surface area contributed by atoms with E-state index in [9.17, 15) is 0 Å². The van der Waals surface area contributed by atoms with Crippen molar-refractivity contribution in [3.63, 3.8) is 0 Å². The van der Waals surface area contributed by atoms with Crippen LogP contribution in [0.3, 0.4) is 0 Å². The highest BCUT2D eigenvalue weighted by Gasteiger charge is 2.17. The average Bonchev–Trinajstić information content (AvgIpc) is 2.01. The van der Waals surface area contributed by atoms with Gasteiger partial charge in [0.25, 0.3) is 0 Å². The summed E-state index contributed by atoms with van der Waals surface area (Å²) in [5, 5.41) is 7.28. The van der Waals surface area contributed by atoms with E-state index in [-0.39, 0.29) is 17.1 Å². The van der Waals surface area contributed by atoms with Gasteiger partial charge in [-0.15, -0.1) is 0 Å². The van der Waals surface area contributed by atoms with E-state index in [0.29, 0.717) is 5.88 Å². The molecule has 0 aliphatic rings. The summed E-state index contributed by atoms with van der Waals surface area (Å²) in [4.78, 5) is 7.91. The molecule has 0 amide bonds. The molecule has 3 N–H and O–H groups in total. The van der Waals surface area contributed by atoms with Crippen molar-refractivity contribution in [1.29, 1.82) is 5.41 Å². The molecule has 0 aliphatic carbocycles. The largest absolute Gasteiger partial charge is 0.470 e. The Morgan fingerprint density at radius 2 is 1.93 bits per heavy atom. The lowest BCUT2D eigenvalue weighted by atomic mass is 10.2. The summed E-state index contributed by atoms with van der Waals surface area (Å²) >= 11 is 0. The Morgan fingerprint density at radius 3 is 2.43 bits per heavy atom. The zero-order chi connectivity index (χ0) is 10.8. The van der Waals surface area contributed by atoms with Gasteiger partial charge in [-0.3, -0.25) is 5.41 Å². The summed E-state index contributed by atoms with van der Waals surface area (Å²) in [5.74, 6) is 0.157. The lowest BCUT2D eigenvalue weighted by molar-refractivity contribution is 0.123. The van der Waals surface area contributed by atoms with Gasteiger partial charge in [-0.1, -0.05) is 0 Å². The average molecular weight is 194 g/mol. The molecule has 0 spiro atoms. The molecule has 5 nitrogen and oxygen atoms in total. The number of nitrogen functional groups attached to an aromatic ring is 1. The third kappa shape index (κ3) is 2.69. The Balaban J connectivity index is 3.02. The van der Waals surface area contributed by atoms with Crippen LogP contribution in [0.25, 0.3) is 0 Å². The van der Waals surface area contributed by atoms with E-state index in [1.165, 1.54) is 12.4 Å². The number of nitrogens with zero attached hydrogens (tertiary/aromatic N) is 2. The number of ether oxygens (including phenoxy) is 1. The number of amidine groups is 1.